The van der Waals surface area contributed by atoms with Crippen LogP contribution >= 0.6 is 0 Å². The van der Waals surface area contributed by atoms with Gasteiger partial charge in [0.05, 0.1) is 23.4 Å². The summed E-state index contributed by atoms with van der Waals surface area (Å²) < 4.78 is 24.3. The molecule has 8 nitrogen and oxygen atoms in total. The Hall–Kier alpha value is -3.79. The van der Waals surface area contributed by atoms with Gasteiger partial charge >= 0.3 is 0 Å². The van der Waals surface area contributed by atoms with Gasteiger partial charge in [0, 0.05) is 73.5 Å². The van der Waals surface area contributed by atoms with E-state index in [-0.39, 0.29) is 40.3 Å². The number of benzene rings is 2. The average molecular weight is 884 g/mol. The molecule has 0 radical (unpaired) electrons. The molecular weight excluding hydrogens is 807 g/mol. The summed E-state index contributed by atoms with van der Waals surface area (Å²) in [6, 6.07) is 30.1. The fourth-order valence-electron chi connectivity index (χ4n) is 13.0. The third-order valence-corrected chi connectivity index (χ3v) is 16.2. The molecule has 4 heterocycles. The van der Waals surface area contributed by atoms with Crippen molar-refractivity contribution in [2.24, 2.45) is 5.73 Å². The number of nitrogens with two attached hydrogens (primary N) is 1. The van der Waals surface area contributed by atoms with E-state index in [1.807, 2.05) is 37.5 Å². The van der Waals surface area contributed by atoms with Gasteiger partial charge < -0.3 is 29.5 Å². The predicted molar refractivity (Wildman–Crippen MR) is 259 cm³/mol. The number of rotatable bonds is 12. The van der Waals surface area contributed by atoms with Crippen molar-refractivity contribution < 1.29 is 23.7 Å². The Kier molecular flexibility index (Phi) is 16.4. The lowest BCUT2D eigenvalue weighted by atomic mass is 9.66. The van der Waals surface area contributed by atoms with Gasteiger partial charge in [0.1, 0.15) is 6.29 Å². The molecule has 10 rings (SSSR count). The SMILES string of the molecule is CCO[C@@H]1CC[C@H](CCC[C@@]2(c3ccccn3)CCOC3(CCCC3)C2)c2ccccc21.CCO[C@@H]1CC[C@H](N)c2ccccc21.O=CC[C@@]1(c2ccccn2)CCOC2(CCCC2)C1. The molecule has 65 heavy (non-hydrogen) atoms. The number of fused-ring (bicyclic) bond motifs is 2. The average Bonchev–Trinajstić information content (AvgIpc) is 4.00. The zero-order chi connectivity index (χ0) is 45.0. The highest BCUT2D eigenvalue weighted by molar-refractivity contribution is 5.53. The zero-order valence-corrected chi connectivity index (χ0v) is 39.6. The number of hydrogen-bond acceptors (Lipinski definition) is 8. The molecule has 2 saturated heterocycles. The van der Waals surface area contributed by atoms with Crippen molar-refractivity contribution in [3.63, 3.8) is 0 Å². The van der Waals surface area contributed by atoms with E-state index in [1.165, 1.54) is 92.2 Å². The van der Waals surface area contributed by atoms with E-state index in [2.05, 4.69) is 78.6 Å². The van der Waals surface area contributed by atoms with Gasteiger partial charge in [-0.15, -0.1) is 0 Å². The van der Waals surface area contributed by atoms with E-state index in [4.69, 9.17) is 29.7 Å². The Bertz CT molecular complexity index is 2070. The number of carbonyl (C=O) groups is 1. The van der Waals surface area contributed by atoms with Gasteiger partial charge in [-0.25, -0.2) is 0 Å². The zero-order valence-electron chi connectivity index (χ0n) is 39.6. The van der Waals surface area contributed by atoms with E-state index in [0.29, 0.717) is 12.3 Å². The van der Waals surface area contributed by atoms with Crippen molar-refractivity contribution in [1.29, 1.82) is 0 Å². The summed E-state index contributed by atoms with van der Waals surface area (Å²) in [4.78, 5) is 20.6. The quantitative estimate of drug-likeness (QED) is 0.140. The van der Waals surface area contributed by atoms with Crippen LogP contribution in [0.15, 0.2) is 97.3 Å². The van der Waals surface area contributed by atoms with E-state index >= 15 is 0 Å². The third-order valence-electron chi connectivity index (χ3n) is 16.2. The highest BCUT2D eigenvalue weighted by Gasteiger charge is 2.50. The molecule has 8 heteroatoms. The van der Waals surface area contributed by atoms with Crippen molar-refractivity contribution in [2.75, 3.05) is 26.4 Å². The molecule has 350 valence electrons. The Morgan fingerprint density at radius 3 is 1.66 bits per heavy atom. The molecule has 2 aliphatic heterocycles. The first-order valence-electron chi connectivity index (χ1n) is 25.6. The summed E-state index contributed by atoms with van der Waals surface area (Å²) in [5.41, 5.74) is 14.1. The monoisotopic (exact) mass is 884 g/mol. The predicted octanol–water partition coefficient (Wildman–Crippen LogP) is 12.9. The van der Waals surface area contributed by atoms with Crippen molar-refractivity contribution in [1.82, 2.24) is 9.97 Å². The van der Waals surface area contributed by atoms with Crippen molar-refractivity contribution in [3.05, 3.63) is 131 Å². The fourth-order valence-corrected chi connectivity index (χ4v) is 13.0. The highest BCUT2D eigenvalue weighted by atomic mass is 16.5. The number of ether oxygens (including phenoxy) is 4. The number of nitrogens with zero attached hydrogens (tertiary/aromatic N) is 2. The lowest BCUT2D eigenvalue weighted by Crippen LogP contribution is -2.46. The van der Waals surface area contributed by atoms with Crippen LogP contribution in [0.2, 0.25) is 0 Å². The molecule has 4 fully saturated rings. The standard InChI is InChI=1S/C29H39NO2.C16H21NO2.C12H17NO/c1-2-31-26-15-14-23(24-11-3-4-12-25(24)26)10-9-16-28(27-13-5-8-20-30-27)19-21-32-29(22-28)17-6-7-18-29;18-11-8-15(14-5-1-4-10-17-14)9-12-19-16(13-15)6-2-3-7-16;1-2-14-12-8-7-11(13)9-5-3-4-6-10(9)12/h3-5,8,11-13,20,23,26H,2,6-7,9-10,14-19,21-22H2,1H3;1,4-5,10-11H,2-3,6-9,12-13H2;3-6,11-12H,2,7-8,13H2,1H3/t23-,26+,28+;15-;11-,12+/m010/s1. The molecule has 6 aliphatic rings. The molecule has 2 N–H and O–H groups in total. The maximum atomic E-state index is 11.2. The van der Waals surface area contributed by atoms with Crippen molar-refractivity contribution in [2.45, 2.75) is 188 Å². The number of aromatic nitrogens is 2. The Balaban J connectivity index is 0.000000147. The Labute approximate surface area is 390 Å². The Morgan fingerprint density at radius 2 is 1.11 bits per heavy atom. The largest absolute Gasteiger partial charge is 0.375 e. The van der Waals surface area contributed by atoms with Crippen LogP contribution in [0.25, 0.3) is 0 Å². The normalized spacial score (nSPS) is 28.5. The molecule has 6 atom stereocenters. The summed E-state index contributed by atoms with van der Waals surface area (Å²) in [5, 5.41) is 0. The number of pyridine rings is 2. The number of aldehydes is 1. The van der Waals surface area contributed by atoms with Gasteiger partial charge in [-0.1, -0.05) is 92.8 Å². The second-order valence-corrected chi connectivity index (χ2v) is 20.2. The first-order chi connectivity index (χ1) is 31.8. The molecule has 0 bridgehead atoms. The number of carbonyl (C=O) groups excluding carboxylic acids is 1. The van der Waals surface area contributed by atoms with E-state index < -0.39 is 0 Å². The van der Waals surface area contributed by atoms with E-state index in [1.54, 1.807) is 0 Å². The van der Waals surface area contributed by atoms with Crippen LogP contribution in [0.3, 0.4) is 0 Å². The molecule has 4 aliphatic carbocycles. The highest BCUT2D eigenvalue weighted by Crippen LogP contribution is 2.52. The summed E-state index contributed by atoms with van der Waals surface area (Å²) >= 11 is 0. The fraction of sp³-hybridized carbons (Fsp3) is 0.596. The molecule has 2 saturated carbocycles. The van der Waals surface area contributed by atoms with Crippen LogP contribution in [0.4, 0.5) is 0 Å². The molecule has 2 aromatic heterocycles. The maximum absolute atomic E-state index is 11.2. The molecule has 2 aromatic carbocycles. The van der Waals surface area contributed by atoms with Gasteiger partial charge in [-0.2, -0.15) is 0 Å². The second kappa shape index (κ2) is 22.3. The summed E-state index contributed by atoms with van der Waals surface area (Å²) in [6.45, 7) is 7.35. The lowest BCUT2D eigenvalue weighted by molar-refractivity contribution is -0.118. The molecule has 0 amide bonds. The topological polar surface area (TPSA) is 106 Å². The minimum absolute atomic E-state index is 0.0127. The van der Waals surface area contributed by atoms with Crippen LogP contribution in [0, 0.1) is 0 Å². The summed E-state index contributed by atoms with van der Waals surface area (Å²) in [7, 11) is 0. The summed E-state index contributed by atoms with van der Waals surface area (Å²) in [5.74, 6) is 0.656. The van der Waals surface area contributed by atoms with Gasteiger partial charge in [0.2, 0.25) is 0 Å². The first-order valence-corrected chi connectivity index (χ1v) is 25.6. The minimum atomic E-state index is -0.106. The van der Waals surface area contributed by atoms with Crippen LogP contribution in [0.5, 0.6) is 0 Å². The van der Waals surface area contributed by atoms with Gasteiger partial charge in [0.25, 0.3) is 0 Å². The van der Waals surface area contributed by atoms with Crippen molar-refractivity contribution in [3.8, 4) is 0 Å². The van der Waals surface area contributed by atoms with Crippen LogP contribution in [-0.2, 0) is 34.6 Å². The van der Waals surface area contributed by atoms with Gasteiger partial charge in [-0.05, 0) is 156 Å². The van der Waals surface area contributed by atoms with Gasteiger partial charge in [-0.3, -0.25) is 9.97 Å². The maximum Gasteiger partial charge on any atom is 0.120 e. The molecule has 2 spiro atoms. The van der Waals surface area contributed by atoms with Crippen molar-refractivity contribution >= 4 is 6.29 Å². The third kappa shape index (κ3) is 11.2. The van der Waals surface area contributed by atoms with E-state index in [0.717, 1.165) is 96.2 Å². The molecule has 4 aromatic rings. The Morgan fingerprint density at radius 1 is 0.615 bits per heavy atom. The van der Waals surface area contributed by atoms with Crippen LogP contribution in [0.1, 0.15) is 200 Å². The minimum Gasteiger partial charge on any atom is -0.375 e. The van der Waals surface area contributed by atoms with Gasteiger partial charge in [0.15, 0.2) is 0 Å². The van der Waals surface area contributed by atoms with Crippen LogP contribution < -0.4 is 5.73 Å². The molecular formula is C57H77N3O5. The first kappa shape index (κ1) is 47.7. The van der Waals surface area contributed by atoms with Crippen LogP contribution in [-0.4, -0.2) is 53.9 Å². The smallest absolute Gasteiger partial charge is 0.120 e. The van der Waals surface area contributed by atoms with E-state index in [9.17, 15) is 4.79 Å². The number of hydrogen-bond donors (Lipinski definition) is 1. The lowest BCUT2D eigenvalue weighted by Gasteiger charge is -2.46. The summed E-state index contributed by atoms with van der Waals surface area (Å²) in [6.07, 6.45) is 28.2. The second-order valence-electron chi connectivity index (χ2n) is 20.2. The molecule has 0 unspecified atom stereocenters.